The number of nitrogen functional groups attached to an aromatic ring is 1. The van der Waals surface area contributed by atoms with Crippen molar-refractivity contribution in [2.75, 3.05) is 26.0 Å². The van der Waals surface area contributed by atoms with Crippen LogP contribution >= 0.6 is 0 Å². The highest BCUT2D eigenvalue weighted by molar-refractivity contribution is 7.89. The largest absolute Gasteiger partial charge is 0.398 e. The molecule has 0 unspecified atom stereocenters. The Balaban J connectivity index is 2.63. The van der Waals surface area contributed by atoms with Gasteiger partial charge in [0.2, 0.25) is 10.0 Å². The second-order valence-electron chi connectivity index (χ2n) is 4.93. The number of nitrogens with one attached hydrogen (secondary N) is 1. The molecule has 5 nitrogen and oxygen atoms in total. The van der Waals surface area contributed by atoms with Gasteiger partial charge in [0.15, 0.2) is 0 Å². The smallest absolute Gasteiger partial charge is 0.242 e. The number of hydrogen-bond acceptors (Lipinski definition) is 4. The number of rotatable bonds is 8. The lowest BCUT2D eigenvalue weighted by Gasteiger charge is -2.11. The minimum atomic E-state index is -3.53. The molecule has 0 atom stereocenters. The molecule has 3 N–H and O–H groups in total. The summed E-state index contributed by atoms with van der Waals surface area (Å²) in [5, 5.41) is 0. The van der Waals surface area contributed by atoms with E-state index in [0.717, 1.165) is 30.4 Å². The van der Waals surface area contributed by atoms with E-state index in [0.29, 0.717) is 18.8 Å². The maximum absolute atomic E-state index is 12.2. The third-order valence-corrected chi connectivity index (χ3v) is 4.75. The van der Waals surface area contributed by atoms with Gasteiger partial charge in [-0.3, -0.25) is 0 Å². The van der Waals surface area contributed by atoms with Gasteiger partial charge in [0.05, 0.1) is 5.69 Å². The van der Waals surface area contributed by atoms with Crippen LogP contribution in [0.25, 0.3) is 0 Å². The quantitative estimate of drug-likeness (QED) is 0.568. The van der Waals surface area contributed by atoms with Crippen LogP contribution in [0.3, 0.4) is 0 Å². The minimum Gasteiger partial charge on any atom is -0.398 e. The van der Waals surface area contributed by atoms with Gasteiger partial charge in [-0.25, -0.2) is 13.1 Å². The zero-order valence-electron chi connectivity index (χ0n) is 12.4. The summed E-state index contributed by atoms with van der Waals surface area (Å²) < 4.78 is 31.9. The number of anilines is 1. The van der Waals surface area contributed by atoms with Crippen molar-refractivity contribution < 1.29 is 13.2 Å². The highest BCUT2D eigenvalue weighted by atomic mass is 32.2. The van der Waals surface area contributed by atoms with E-state index in [1.165, 1.54) is 0 Å². The molecule has 1 rings (SSSR count). The number of ether oxygens (including phenoxy) is 1. The lowest BCUT2D eigenvalue weighted by molar-refractivity contribution is 0.192. The first-order valence-electron chi connectivity index (χ1n) is 6.74. The zero-order chi connectivity index (χ0) is 15.2. The summed E-state index contributed by atoms with van der Waals surface area (Å²) in [5.41, 5.74) is 8.01. The van der Waals surface area contributed by atoms with E-state index >= 15 is 0 Å². The fourth-order valence-corrected chi connectivity index (χ4v) is 3.15. The van der Waals surface area contributed by atoms with Crippen molar-refractivity contribution in [2.24, 2.45) is 0 Å². The molecule has 0 fully saturated rings. The Morgan fingerprint density at radius 2 is 1.80 bits per heavy atom. The molecule has 0 heterocycles. The maximum atomic E-state index is 12.2. The Kier molecular flexibility index (Phi) is 6.45. The Bertz CT molecular complexity index is 542. The Morgan fingerprint density at radius 3 is 2.45 bits per heavy atom. The first-order valence-corrected chi connectivity index (χ1v) is 8.22. The second kappa shape index (κ2) is 7.61. The number of nitrogens with two attached hydrogens (primary N) is 1. The maximum Gasteiger partial charge on any atom is 0.242 e. The van der Waals surface area contributed by atoms with Crippen molar-refractivity contribution >= 4 is 15.7 Å². The van der Waals surface area contributed by atoms with Crippen LogP contribution in [0.5, 0.6) is 0 Å². The lowest BCUT2D eigenvalue weighted by Crippen LogP contribution is -2.25. The van der Waals surface area contributed by atoms with E-state index in [9.17, 15) is 8.42 Å². The molecular weight excluding hydrogens is 276 g/mol. The predicted octanol–water partition coefficient (Wildman–Crippen LogP) is 1.98. The molecule has 0 aromatic heterocycles. The third kappa shape index (κ3) is 4.77. The number of benzene rings is 1. The van der Waals surface area contributed by atoms with Gasteiger partial charge in [0.25, 0.3) is 0 Å². The van der Waals surface area contributed by atoms with E-state index < -0.39 is 10.0 Å². The summed E-state index contributed by atoms with van der Waals surface area (Å²) in [5.74, 6) is 0. The average Bonchev–Trinajstić information content (AvgIpc) is 2.37. The van der Waals surface area contributed by atoms with E-state index in [2.05, 4.69) is 4.72 Å². The van der Waals surface area contributed by atoms with Crippen molar-refractivity contribution in [3.05, 3.63) is 23.3 Å². The Morgan fingerprint density at radius 1 is 1.15 bits per heavy atom. The molecular formula is C14H24N2O3S. The van der Waals surface area contributed by atoms with E-state index in [-0.39, 0.29) is 4.90 Å². The molecule has 0 aliphatic heterocycles. The molecule has 114 valence electrons. The molecule has 1 aromatic rings. The number of hydrogen-bond donors (Lipinski definition) is 2. The summed E-state index contributed by atoms with van der Waals surface area (Å²) in [7, 11) is -1.87. The van der Waals surface area contributed by atoms with Crippen LogP contribution in [0.15, 0.2) is 17.0 Å². The monoisotopic (exact) mass is 300 g/mol. The fraction of sp³-hybridized carbons (Fsp3) is 0.571. The average molecular weight is 300 g/mol. The third-order valence-electron chi connectivity index (χ3n) is 3.23. The Labute approximate surface area is 121 Å². The van der Waals surface area contributed by atoms with Gasteiger partial charge in [-0.15, -0.1) is 0 Å². The van der Waals surface area contributed by atoms with E-state index in [1.54, 1.807) is 19.2 Å². The Hall–Kier alpha value is -1.11. The highest BCUT2D eigenvalue weighted by Gasteiger charge is 2.17. The second-order valence-corrected chi connectivity index (χ2v) is 6.66. The first kappa shape index (κ1) is 16.9. The van der Waals surface area contributed by atoms with Gasteiger partial charge in [0.1, 0.15) is 4.90 Å². The van der Waals surface area contributed by atoms with Crippen LogP contribution in [0.1, 0.15) is 30.4 Å². The molecule has 0 spiro atoms. The van der Waals surface area contributed by atoms with Crippen molar-refractivity contribution in [3.8, 4) is 0 Å². The number of aryl methyl sites for hydroxylation is 2. The van der Waals surface area contributed by atoms with Crippen molar-refractivity contribution in [1.29, 1.82) is 0 Å². The van der Waals surface area contributed by atoms with Gasteiger partial charge < -0.3 is 10.5 Å². The predicted molar refractivity (Wildman–Crippen MR) is 81.2 cm³/mol. The molecule has 1 aromatic carbocycles. The molecule has 0 saturated carbocycles. The van der Waals surface area contributed by atoms with Crippen molar-refractivity contribution in [1.82, 2.24) is 4.72 Å². The van der Waals surface area contributed by atoms with Gasteiger partial charge in [-0.1, -0.05) is 0 Å². The fourth-order valence-electron chi connectivity index (χ4n) is 1.88. The summed E-state index contributed by atoms with van der Waals surface area (Å²) in [6, 6.07) is 3.32. The van der Waals surface area contributed by atoms with Crippen molar-refractivity contribution in [3.63, 3.8) is 0 Å². The summed E-state index contributed by atoms with van der Waals surface area (Å²) >= 11 is 0. The van der Waals surface area contributed by atoms with Gasteiger partial charge in [0, 0.05) is 20.3 Å². The molecule has 0 radical (unpaired) electrons. The van der Waals surface area contributed by atoms with Crippen LogP contribution in [0.4, 0.5) is 5.69 Å². The van der Waals surface area contributed by atoms with Gasteiger partial charge in [-0.05, 0) is 56.4 Å². The molecule has 0 amide bonds. The van der Waals surface area contributed by atoms with Crippen LogP contribution in [0.2, 0.25) is 0 Å². The SMILES string of the molecule is COCCCCCNS(=O)(=O)c1cc(C)c(C)cc1N. The molecule has 20 heavy (non-hydrogen) atoms. The summed E-state index contributed by atoms with van der Waals surface area (Å²) in [4.78, 5) is 0.164. The minimum absolute atomic E-state index is 0.164. The summed E-state index contributed by atoms with van der Waals surface area (Å²) in [6.45, 7) is 4.90. The van der Waals surface area contributed by atoms with Crippen LogP contribution in [-0.2, 0) is 14.8 Å². The number of methoxy groups -OCH3 is 1. The van der Waals surface area contributed by atoms with Crippen molar-refractivity contribution in [2.45, 2.75) is 38.0 Å². The molecule has 0 saturated heterocycles. The topological polar surface area (TPSA) is 81.4 Å². The van der Waals surface area contributed by atoms with Crippen LogP contribution < -0.4 is 10.5 Å². The van der Waals surface area contributed by atoms with Gasteiger partial charge >= 0.3 is 0 Å². The summed E-state index contributed by atoms with van der Waals surface area (Å²) in [6.07, 6.45) is 2.65. The molecule has 0 aliphatic rings. The first-order chi connectivity index (χ1) is 9.38. The van der Waals surface area contributed by atoms with Crippen LogP contribution in [0, 0.1) is 13.8 Å². The standard InChI is InChI=1S/C14H24N2O3S/c1-11-9-13(15)14(10-12(11)2)20(17,18)16-7-5-4-6-8-19-3/h9-10,16H,4-8,15H2,1-3H3. The number of unbranched alkanes of at least 4 members (excludes halogenated alkanes) is 2. The highest BCUT2D eigenvalue weighted by Crippen LogP contribution is 2.22. The molecule has 0 aliphatic carbocycles. The molecule has 6 heteroatoms. The van der Waals surface area contributed by atoms with E-state index in [4.69, 9.17) is 10.5 Å². The lowest BCUT2D eigenvalue weighted by atomic mass is 10.1. The van der Waals surface area contributed by atoms with Gasteiger partial charge in [-0.2, -0.15) is 0 Å². The van der Waals surface area contributed by atoms with E-state index in [1.807, 2.05) is 13.8 Å². The normalized spacial score (nSPS) is 11.8. The number of sulfonamides is 1. The van der Waals surface area contributed by atoms with Crippen LogP contribution in [-0.4, -0.2) is 28.7 Å². The zero-order valence-corrected chi connectivity index (χ0v) is 13.2. The molecule has 0 bridgehead atoms.